The second-order valence-electron chi connectivity index (χ2n) is 8.44. The van der Waals surface area contributed by atoms with Crippen molar-refractivity contribution in [2.75, 3.05) is 19.5 Å². The maximum atomic E-state index is 13.2. The summed E-state index contributed by atoms with van der Waals surface area (Å²) in [5.74, 6) is 2.12. The van der Waals surface area contributed by atoms with E-state index in [0.717, 1.165) is 22.1 Å². The zero-order chi connectivity index (χ0) is 25.8. The van der Waals surface area contributed by atoms with Crippen LogP contribution in [0.15, 0.2) is 60.8 Å². The summed E-state index contributed by atoms with van der Waals surface area (Å²) in [6, 6.07) is 14.6. The van der Waals surface area contributed by atoms with Crippen LogP contribution in [0.2, 0.25) is 0 Å². The Bertz CT molecular complexity index is 1410. The number of urea groups is 1. The van der Waals surface area contributed by atoms with Crippen molar-refractivity contribution >= 4 is 22.6 Å². The van der Waals surface area contributed by atoms with Crippen LogP contribution in [-0.4, -0.2) is 25.2 Å². The second-order valence-corrected chi connectivity index (χ2v) is 8.44. The number of anilines is 1. The molecule has 1 aromatic heterocycles. The van der Waals surface area contributed by atoms with E-state index in [0.29, 0.717) is 34.2 Å². The first-order chi connectivity index (χ1) is 17.3. The minimum absolute atomic E-state index is 0.287. The first-order valence-corrected chi connectivity index (χ1v) is 11.4. The van der Waals surface area contributed by atoms with Crippen LogP contribution in [0.1, 0.15) is 29.7 Å². The summed E-state index contributed by atoms with van der Waals surface area (Å²) >= 11 is 0. The molecule has 4 aromatic rings. The number of nitrogens with zero attached hydrogens (tertiary/aromatic N) is 1. The van der Waals surface area contributed by atoms with E-state index < -0.39 is 0 Å². The highest BCUT2D eigenvalue weighted by molar-refractivity contribution is 5.91. The molecule has 0 fully saturated rings. The second kappa shape index (κ2) is 10.5. The Balaban J connectivity index is 1.53. The number of amides is 2. The lowest BCUT2D eigenvalue weighted by Gasteiger charge is -2.18. The van der Waals surface area contributed by atoms with Crippen LogP contribution in [-0.2, 0) is 0 Å². The normalized spacial score (nSPS) is 11.6. The van der Waals surface area contributed by atoms with Gasteiger partial charge in [-0.05, 0) is 73.9 Å². The Kier molecular flexibility index (Phi) is 7.24. The van der Waals surface area contributed by atoms with E-state index in [1.807, 2.05) is 39.0 Å². The standard InChI is InChI=1S/C28H28FN3O4/c1-16-13-25(36-24-10-11-30-23-15-27(35-5)26(34-4)14-21(23)24)17(2)12-22(16)32-28(33)31-18(3)19-6-8-20(29)9-7-19/h6-15,18H,1-5H3,(H2,31,32,33)/t18-/m0/s1. The molecular formula is C28H28FN3O4. The first-order valence-electron chi connectivity index (χ1n) is 11.4. The lowest BCUT2D eigenvalue weighted by molar-refractivity contribution is 0.249. The number of methoxy groups -OCH3 is 2. The van der Waals surface area contributed by atoms with E-state index in [4.69, 9.17) is 14.2 Å². The van der Waals surface area contributed by atoms with Crippen LogP contribution < -0.4 is 24.8 Å². The Morgan fingerprint density at radius 1 is 0.889 bits per heavy atom. The highest BCUT2D eigenvalue weighted by atomic mass is 19.1. The predicted octanol–water partition coefficient (Wildman–Crippen LogP) is 6.68. The van der Waals surface area contributed by atoms with Crippen molar-refractivity contribution in [3.05, 3.63) is 83.3 Å². The van der Waals surface area contributed by atoms with Crippen molar-refractivity contribution in [2.45, 2.75) is 26.8 Å². The van der Waals surface area contributed by atoms with E-state index in [9.17, 15) is 9.18 Å². The number of carbonyl (C=O) groups excluding carboxylic acids is 1. The van der Waals surface area contributed by atoms with E-state index in [-0.39, 0.29) is 17.9 Å². The summed E-state index contributed by atoms with van der Waals surface area (Å²) in [6.07, 6.45) is 1.67. The molecule has 1 heterocycles. The number of hydrogen-bond acceptors (Lipinski definition) is 5. The molecule has 0 aliphatic rings. The fraction of sp³-hybridized carbons (Fsp3) is 0.214. The molecule has 2 N–H and O–H groups in total. The molecule has 0 bridgehead atoms. The maximum Gasteiger partial charge on any atom is 0.319 e. The third-order valence-corrected chi connectivity index (χ3v) is 5.91. The van der Waals surface area contributed by atoms with Crippen molar-refractivity contribution in [3.8, 4) is 23.0 Å². The number of hydrogen-bond donors (Lipinski definition) is 2. The van der Waals surface area contributed by atoms with E-state index in [1.54, 1.807) is 44.7 Å². The van der Waals surface area contributed by atoms with Gasteiger partial charge in [-0.2, -0.15) is 0 Å². The van der Waals surface area contributed by atoms with Crippen molar-refractivity contribution in [1.82, 2.24) is 10.3 Å². The topological polar surface area (TPSA) is 81.7 Å². The fourth-order valence-electron chi connectivity index (χ4n) is 3.88. The summed E-state index contributed by atoms with van der Waals surface area (Å²) in [6.45, 7) is 5.64. The van der Waals surface area contributed by atoms with Gasteiger partial charge in [-0.25, -0.2) is 9.18 Å². The van der Waals surface area contributed by atoms with Gasteiger partial charge in [0.15, 0.2) is 11.5 Å². The fourth-order valence-corrected chi connectivity index (χ4v) is 3.88. The van der Waals surface area contributed by atoms with E-state index >= 15 is 0 Å². The molecule has 36 heavy (non-hydrogen) atoms. The molecule has 186 valence electrons. The third kappa shape index (κ3) is 5.33. The monoisotopic (exact) mass is 489 g/mol. The molecule has 3 aromatic carbocycles. The van der Waals surface area contributed by atoms with Gasteiger partial charge in [-0.15, -0.1) is 0 Å². The highest BCUT2D eigenvalue weighted by Crippen LogP contribution is 2.38. The molecular weight excluding hydrogens is 461 g/mol. The van der Waals surface area contributed by atoms with Crippen molar-refractivity contribution in [1.29, 1.82) is 0 Å². The van der Waals surface area contributed by atoms with Gasteiger partial charge < -0.3 is 24.8 Å². The molecule has 0 aliphatic heterocycles. The molecule has 7 nitrogen and oxygen atoms in total. The summed E-state index contributed by atoms with van der Waals surface area (Å²) < 4.78 is 30.3. The SMILES string of the molecule is COc1cc2nccc(Oc3cc(C)c(NC(=O)N[C@@H](C)c4ccc(F)cc4)cc3C)c2cc1OC. The number of aryl methyl sites for hydroxylation is 2. The zero-order valence-corrected chi connectivity index (χ0v) is 20.8. The number of nitrogens with one attached hydrogen (secondary N) is 2. The molecule has 4 rings (SSSR count). The number of rotatable bonds is 7. The van der Waals surface area contributed by atoms with Crippen molar-refractivity contribution < 1.29 is 23.4 Å². The number of pyridine rings is 1. The molecule has 0 unspecified atom stereocenters. The summed E-state index contributed by atoms with van der Waals surface area (Å²) in [5, 5.41) is 6.55. The first kappa shape index (κ1) is 24.8. The lowest BCUT2D eigenvalue weighted by atomic mass is 10.1. The van der Waals surface area contributed by atoms with Gasteiger partial charge in [0, 0.05) is 23.3 Å². The quantitative estimate of drug-likeness (QED) is 0.303. The molecule has 0 aliphatic carbocycles. The Hall–Kier alpha value is -4.33. The molecule has 0 spiro atoms. The summed E-state index contributed by atoms with van der Waals surface area (Å²) in [4.78, 5) is 17.0. The Morgan fingerprint density at radius 3 is 2.28 bits per heavy atom. The molecule has 8 heteroatoms. The summed E-state index contributed by atoms with van der Waals surface area (Å²) in [5.41, 5.74) is 3.85. The van der Waals surface area contributed by atoms with Gasteiger partial charge in [0.1, 0.15) is 17.3 Å². The molecule has 0 radical (unpaired) electrons. The van der Waals surface area contributed by atoms with E-state index in [1.165, 1.54) is 12.1 Å². The highest BCUT2D eigenvalue weighted by Gasteiger charge is 2.15. The number of aromatic nitrogens is 1. The van der Waals surface area contributed by atoms with Crippen LogP contribution in [0.4, 0.5) is 14.9 Å². The van der Waals surface area contributed by atoms with Gasteiger partial charge >= 0.3 is 6.03 Å². The minimum atomic E-state index is -0.357. The molecule has 1 atom stereocenters. The van der Waals surface area contributed by atoms with E-state index in [2.05, 4.69) is 15.6 Å². The Labute approximate surface area is 209 Å². The van der Waals surface area contributed by atoms with Gasteiger partial charge in [0.2, 0.25) is 0 Å². The molecule has 2 amide bonds. The molecule has 0 saturated heterocycles. The maximum absolute atomic E-state index is 13.2. The average Bonchev–Trinajstić information content (AvgIpc) is 2.86. The van der Waals surface area contributed by atoms with Gasteiger partial charge in [-0.1, -0.05) is 12.1 Å². The van der Waals surface area contributed by atoms with Crippen LogP contribution >= 0.6 is 0 Å². The number of fused-ring (bicyclic) bond motifs is 1. The zero-order valence-electron chi connectivity index (χ0n) is 20.8. The van der Waals surface area contributed by atoms with Crippen molar-refractivity contribution in [3.63, 3.8) is 0 Å². The Morgan fingerprint density at radius 2 is 1.58 bits per heavy atom. The molecule has 0 saturated carbocycles. The largest absolute Gasteiger partial charge is 0.493 e. The predicted molar refractivity (Wildman–Crippen MR) is 138 cm³/mol. The van der Waals surface area contributed by atoms with Crippen LogP contribution in [0, 0.1) is 19.7 Å². The number of ether oxygens (including phenoxy) is 3. The minimum Gasteiger partial charge on any atom is -0.493 e. The van der Waals surface area contributed by atoms with Crippen LogP contribution in [0.25, 0.3) is 10.9 Å². The lowest BCUT2D eigenvalue weighted by Crippen LogP contribution is -2.31. The van der Waals surface area contributed by atoms with Crippen LogP contribution in [0.3, 0.4) is 0 Å². The van der Waals surface area contributed by atoms with Gasteiger partial charge in [0.05, 0.1) is 25.8 Å². The van der Waals surface area contributed by atoms with Gasteiger partial charge in [0.25, 0.3) is 0 Å². The number of halogens is 1. The average molecular weight is 490 g/mol. The number of carbonyl (C=O) groups is 1. The van der Waals surface area contributed by atoms with Crippen LogP contribution in [0.5, 0.6) is 23.0 Å². The smallest absolute Gasteiger partial charge is 0.319 e. The summed E-state index contributed by atoms with van der Waals surface area (Å²) in [7, 11) is 3.16. The van der Waals surface area contributed by atoms with Crippen molar-refractivity contribution in [2.24, 2.45) is 0 Å². The third-order valence-electron chi connectivity index (χ3n) is 5.91. The van der Waals surface area contributed by atoms with Gasteiger partial charge in [-0.3, -0.25) is 4.98 Å². The number of benzene rings is 3.